The fourth-order valence-corrected chi connectivity index (χ4v) is 2.69. The van der Waals surface area contributed by atoms with Crippen LogP contribution >= 0.6 is 0 Å². The van der Waals surface area contributed by atoms with Gasteiger partial charge in [0.05, 0.1) is 0 Å². The lowest BCUT2D eigenvalue weighted by Crippen LogP contribution is -2.44. The molecule has 0 spiro atoms. The summed E-state index contributed by atoms with van der Waals surface area (Å²) in [6.45, 7) is 5.51. The molecule has 0 aliphatic carbocycles. The Bertz CT molecular complexity index is 157. The molecular weight excluding hydrogens is 174 g/mol. The second-order valence-electron chi connectivity index (χ2n) is 4.53. The van der Waals surface area contributed by atoms with Gasteiger partial charge in [-0.1, -0.05) is 13.3 Å². The van der Waals surface area contributed by atoms with Crippen LogP contribution in [0, 0.1) is 11.8 Å². The van der Waals surface area contributed by atoms with E-state index >= 15 is 0 Å². The van der Waals surface area contributed by atoms with Crippen molar-refractivity contribution < 1.29 is 0 Å². The van der Waals surface area contributed by atoms with Crippen LogP contribution in [0.5, 0.6) is 0 Å². The maximum Gasteiger partial charge on any atom is 0.0145 e. The summed E-state index contributed by atoms with van der Waals surface area (Å²) in [7, 11) is 4.28. The lowest BCUT2D eigenvalue weighted by Gasteiger charge is -2.30. The molecule has 1 aliphatic heterocycles. The van der Waals surface area contributed by atoms with E-state index in [0.29, 0.717) is 12.0 Å². The Morgan fingerprint density at radius 3 is 2.64 bits per heavy atom. The van der Waals surface area contributed by atoms with Gasteiger partial charge in [0.15, 0.2) is 0 Å². The molecule has 0 radical (unpaired) electrons. The maximum absolute atomic E-state index is 5.81. The molecule has 0 aromatic rings. The maximum atomic E-state index is 5.81. The predicted molar refractivity (Wildman–Crippen MR) is 61.3 cm³/mol. The molecule has 1 fully saturated rings. The monoisotopic (exact) mass is 199 g/mol. The average Bonchev–Trinajstić information content (AvgIpc) is 2.60. The summed E-state index contributed by atoms with van der Waals surface area (Å²) < 4.78 is 0. The minimum Gasteiger partial charge on any atom is -0.330 e. The van der Waals surface area contributed by atoms with Gasteiger partial charge in [-0.25, -0.2) is 0 Å². The molecule has 0 bridgehead atoms. The fourth-order valence-electron chi connectivity index (χ4n) is 2.69. The van der Waals surface area contributed by atoms with E-state index in [9.17, 15) is 0 Å². The summed E-state index contributed by atoms with van der Waals surface area (Å²) in [4.78, 5) is 2.41. The molecule has 0 saturated carbocycles. The lowest BCUT2D eigenvalue weighted by atomic mass is 9.86. The van der Waals surface area contributed by atoms with E-state index in [2.05, 4.69) is 31.2 Å². The molecule has 0 aromatic carbocycles. The molecule has 0 amide bonds. The molecule has 1 aliphatic rings. The molecule has 3 N–H and O–H groups in total. The Morgan fingerprint density at radius 2 is 2.29 bits per heavy atom. The first kappa shape index (κ1) is 12.0. The number of rotatable bonds is 5. The Hall–Kier alpha value is -0.120. The molecule has 3 heteroatoms. The third kappa shape index (κ3) is 2.69. The molecule has 0 aromatic heterocycles. The quantitative estimate of drug-likeness (QED) is 0.678. The van der Waals surface area contributed by atoms with Gasteiger partial charge in [-0.05, 0) is 45.4 Å². The van der Waals surface area contributed by atoms with Crippen LogP contribution < -0.4 is 11.1 Å². The van der Waals surface area contributed by atoms with Gasteiger partial charge in [0, 0.05) is 12.6 Å². The van der Waals surface area contributed by atoms with E-state index in [1.165, 1.54) is 25.9 Å². The zero-order valence-electron chi connectivity index (χ0n) is 9.79. The van der Waals surface area contributed by atoms with E-state index in [4.69, 9.17) is 5.73 Å². The first-order valence-corrected chi connectivity index (χ1v) is 5.78. The molecular formula is C11H25N3. The highest BCUT2D eigenvalue weighted by Gasteiger charge is 2.30. The van der Waals surface area contributed by atoms with Crippen LogP contribution in [0.4, 0.5) is 0 Å². The third-order valence-electron chi connectivity index (χ3n) is 3.60. The van der Waals surface area contributed by atoms with Crippen LogP contribution in [0.25, 0.3) is 0 Å². The third-order valence-corrected chi connectivity index (χ3v) is 3.60. The summed E-state index contributed by atoms with van der Waals surface area (Å²) in [6.07, 6.45) is 2.50. The number of hydrogen-bond acceptors (Lipinski definition) is 3. The summed E-state index contributed by atoms with van der Waals surface area (Å²) >= 11 is 0. The second kappa shape index (κ2) is 5.69. The second-order valence-corrected chi connectivity index (χ2v) is 4.53. The normalized spacial score (nSPS) is 27.9. The molecule has 1 rings (SSSR count). The largest absolute Gasteiger partial charge is 0.330 e. The van der Waals surface area contributed by atoms with Crippen LogP contribution in [0.15, 0.2) is 0 Å². The summed E-state index contributed by atoms with van der Waals surface area (Å²) in [5.41, 5.74) is 5.81. The highest BCUT2D eigenvalue weighted by molar-refractivity contribution is 4.87. The van der Waals surface area contributed by atoms with Crippen LogP contribution in [-0.4, -0.2) is 44.7 Å². The molecule has 3 atom stereocenters. The highest BCUT2D eigenvalue weighted by atomic mass is 15.1. The zero-order chi connectivity index (χ0) is 10.6. The Labute approximate surface area is 88.0 Å². The van der Waals surface area contributed by atoms with Gasteiger partial charge in [-0.2, -0.15) is 0 Å². The number of nitrogens with two attached hydrogens (primary N) is 1. The first-order valence-electron chi connectivity index (χ1n) is 5.78. The molecule has 1 heterocycles. The predicted octanol–water partition coefficient (Wildman–Crippen LogP) is 0.511. The standard InChI is InChI=1S/C11H25N3/c1-4-9(7-12)11(13-2)10-5-6-14(3)8-10/h9-11,13H,4-8,12H2,1-3H3. The van der Waals surface area contributed by atoms with Crippen molar-refractivity contribution in [1.82, 2.24) is 10.2 Å². The van der Waals surface area contributed by atoms with Crippen molar-refractivity contribution in [3.05, 3.63) is 0 Å². The van der Waals surface area contributed by atoms with Crippen molar-refractivity contribution in [1.29, 1.82) is 0 Å². The minimum atomic E-state index is 0.606. The van der Waals surface area contributed by atoms with Crippen LogP contribution in [0.3, 0.4) is 0 Å². The van der Waals surface area contributed by atoms with Crippen molar-refractivity contribution in [2.24, 2.45) is 17.6 Å². The summed E-state index contributed by atoms with van der Waals surface area (Å²) in [5, 5.41) is 3.46. The van der Waals surface area contributed by atoms with E-state index in [1.807, 2.05) is 0 Å². The first-order chi connectivity index (χ1) is 6.72. The van der Waals surface area contributed by atoms with Crippen molar-refractivity contribution in [3.8, 4) is 0 Å². The van der Waals surface area contributed by atoms with Gasteiger partial charge < -0.3 is 16.0 Å². The van der Waals surface area contributed by atoms with E-state index < -0.39 is 0 Å². The molecule has 14 heavy (non-hydrogen) atoms. The van der Waals surface area contributed by atoms with E-state index in [-0.39, 0.29) is 0 Å². The summed E-state index contributed by atoms with van der Waals surface area (Å²) in [6, 6.07) is 0.606. The van der Waals surface area contributed by atoms with Crippen molar-refractivity contribution in [2.75, 3.05) is 33.7 Å². The topological polar surface area (TPSA) is 41.3 Å². The highest BCUT2D eigenvalue weighted by Crippen LogP contribution is 2.24. The number of hydrogen-bond donors (Lipinski definition) is 2. The van der Waals surface area contributed by atoms with Crippen molar-refractivity contribution in [2.45, 2.75) is 25.8 Å². The summed E-state index contributed by atoms with van der Waals surface area (Å²) in [5.74, 6) is 1.43. The molecule has 3 unspecified atom stereocenters. The number of nitrogens with one attached hydrogen (secondary N) is 1. The van der Waals surface area contributed by atoms with Gasteiger partial charge in [0.1, 0.15) is 0 Å². The fraction of sp³-hybridized carbons (Fsp3) is 1.00. The Kier molecular flexibility index (Phi) is 4.85. The molecule has 3 nitrogen and oxygen atoms in total. The zero-order valence-corrected chi connectivity index (χ0v) is 9.79. The Balaban J connectivity index is 2.52. The van der Waals surface area contributed by atoms with Crippen molar-refractivity contribution >= 4 is 0 Å². The molecule has 84 valence electrons. The lowest BCUT2D eigenvalue weighted by molar-refractivity contribution is 0.264. The smallest absolute Gasteiger partial charge is 0.0145 e. The number of nitrogens with zero attached hydrogens (tertiary/aromatic N) is 1. The van der Waals surface area contributed by atoms with Gasteiger partial charge in [-0.15, -0.1) is 0 Å². The average molecular weight is 199 g/mol. The van der Waals surface area contributed by atoms with Gasteiger partial charge in [0.25, 0.3) is 0 Å². The van der Waals surface area contributed by atoms with Crippen LogP contribution in [0.1, 0.15) is 19.8 Å². The van der Waals surface area contributed by atoms with Crippen LogP contribution in [0.2, 0.25) is 0 Å². The SMILES string of the molecule is CCC(CN)C(NC)C1CCN(C)C1. The number of likely N-dealkylation sites (tertiary alicyclic amines) is 1. The minimum absolute atomic E-state index is 0.606. The van der Waals surface area contributed by atoms with E-state index in [1.54, 1.807) is 0 Å². The molecule has 1 saturated heterocycles. The van der Waals surface area contributed by atoms with E-state index in [0.717, 1.165) is 12.5 Å². The Morgan fingerprint density at radius 1 is 1.57 bits per heavy atom. The van der Waals surface area contributed by atoms with Crippen LogP contribution in [-0.2, 0) is 0 Å². The van der Waals surface area contributed by atoms with Gasteiger partial charge >= 0.3 is 0 Å². The van der Waals surface area contributed by atoms with Gasteiger partial charge in [-0.3, -0.25) is 0 Å². The van der Waals surface area contributed by atoms with Gasteiger partial charge in [0.2, 0.25) is 0 Å². The van der Waals surface area contributed by atoms with Crippen molar-refractivity contribution in [3.63, 3.8) is 0 Å².